The van der Waals surface area contributed by atoms with Crippen LogP contribution in [0.2, 0.25) is 0 Å². The Morgan fingerprint density at radius 3 is 2.48 bits per heavy atom. The molecule has 0 fully saturated rings. The number of para-hydroxylation sites is 1. The normalized spacial score (nSPS) is 13.3. The molecule has 2 atom stereocenters. The second-order valence-electron chi connectivity index (χ2n) is 7.62. The Morgan fingerprint density at radius 1 is 0.897 bits per heavy atom. The zero-order valence-electron chi connectivity index (χ0n) is 16.7. The molecule has 0 amide bonds. The smallest absolute Gasteiger partial charge is 0.174 e. The van der Waals surface area contributed by atoms with Gasteiger partial charge in [0.25, 0.3) is 0 Å². The molecule has 0 radical (unpaired) electrons. The lowest BCUT2D eigenvalue weighted by Gasteiger charge is -2.18. The Hall–Kier alpha value is -3.28. The van der Waals surface area contributed by atoms with Gasteiger partial charge in [0.05, 0.1) is 11.2 Å². The Kier molecular flexibility index (Phi) is 5.79. The van der Waals surface area contributed by atoms with Crippen molar-refractivity contribution in [2.75, 3.05) is 0 Å². The SMILES string of the molecule is CC(Cc1ccc(OCc2ccc3ccccc3n2)cc1)C(C)Cc1nn[nH]n1. The fraction of sp³-hybridized carbons (Fsp3) is 0.304. The third kappa shape index (κ3) is 4.96. The Bertz CT molecular complexity index is 1050. The lowest BCUT2D eigenvalue weighted by atomic mass is 9.87. The van der Waals surface area contributed by atoms with Crippen molar-refractivity contribution >= 4 is 10.9 Å². The number of tetrazole rings is 1. The minimum Gasteiger partial charge on any atom is -0.487 e. The summed E-state index contributed by atoms with van der Waals surface area (Å²) in [5.74, 6) is 2.62. The van der Waals surface area contributed by atoms with E-state index in [4.69, 9.17) is 4.74 Å². The van der Waals surface area contributed by atoms with Crippen LogP contribution in [0.1, 0.15) is 30.9 Å². The van der Waals surface area contributed by atoms with E-state index >= 15 is 0 Å². The number of benzene rings is 2. The van der Waals surface area contributed by atoms with Gasteiger partial charge in [-0.1, -0.05) is 55.5 Å². The van der Waals surface area contributed by atoms with Gasteiger partial charge in [-0.05, 0) is 48.1 Å². The number of aromatic amines is 1. The number of hydrogen-bond donors (Lipinski definition) is 1. The first-order valence-electron chi connectivity index (χ1n) is 9.96. The van der Waals surface area contributed by atoms with Crippen LogP contribution in [0.3, 0.4) is 0 Å². The van der Waals surface area contributed by atoms with Crippen molar-refractivity contribution in [2.45, 2.75) is 33.3 Å². The highest BCUT2D eigenvalue weighted by molar-refractivity contribution is 5.78. The number of pyridine rings is 1. The molecule has 1 N–H and O–H groups in total. The molecule has 2 aromatic heterocycles. The fourth-order valence-corrected chi connectivity index (χ4v) is 3.40. The van der Waals surface area contributed by atoms with Gasteiger partial charge in [-0.25, -0.2) is 4.98 Å². The molecule has 2 unspecified atom stereocenters. The highest BCUT2D eigenvalue weighted by Crippen LogP contribution is 2.22. The summed E-state index contributed by atoms with van der Waals surface area (Å²) in [7, 11) is 0. The summed E-state index contributed by atoms with van der Waals surface area (Å²) in [5.41, 5.74) is 3.22. The van der Waals surface area contributed by atoms with Crippen molar-refractivity contribution < 1.29 is 4.74 Å². The van der Waals surface area contributed by atoms with Crippen molar-refractivity contribution in [2.24, 2.45) is 11.8 Å². The average molecular weight is 387 g/mol. The molecule has 0 aliphatic rings. The molecule has 6 heteroatoms. The van der Waals surface area contributed by atoms with Crippen LogP contribution in [-0.4, -0.2) is 25.6 Å². The topological polar surface area (TPSA) is 76.6 Å². The third-order valence-electron chi connectivity index (χ3n) is 5.39. The molecule has 0 spiro atoms. The van der Waals surface area contributed by atoms with E-state index in [2.05, 4.69) is 63.7 Å². The second kappa shape index (κ2) is 8.82. The maximum absolute atomic E-state index is 5.93. The number of rotatable bonds is 8. The second-order valence-corrected chi connectivity index (χ2v) is 7.62. The molecule has 2 heterocycles. The van der Waals surface area contributed by atoms with Crippen LogP contribution in [0.25, 0.3) is 10.9 Å². The Balaban J connectivity index is 1.31. The van der Waals surface area contributed by atoms with Crippen LogP contribution < -0.4 is 4.74 Å². The van der Waals surface area contributed by atoms with Gasteiger partial charge in [0.15, 0.2) is 5.82 Å². The zero-order chi connectivity index (χ0) is 20.1. The molecule has 6 nitrogen and oxygen atoms in total. The first-order chi connectivity index (χ1) is 14.2. The molecule has 4 aromatic rings. The quantitative estimate of drug-likeness (QED) is 0.485. The van der Waals surface area contributed by atoms with E-state index in [0.29, 0.717) is 18.4 Å². The number of ether oxygens (including phenoxy) is 1. The van der Waals surface area contributed by atoms with Crippen LogP contribution in [0.15, 0.2) is 60.7 Å². The summed E-state index contributed by atoms with van der Waals surface area (Å²) in [5, 5.41) is 15.4. The van der Waals surface area contributed by atoms with E-state index in [-0.39, 0.29) is 0 Å². The molecule has 2 aromatic carbocycles. The maximum Gasteiger partial charge on any atom is 0.174 e. The van der Waals surface area contributed by atoms with E-state index in [1.807, 2.05) is 36.4 Å². The maximum atomic E-state index is 5.93. The van der Waals surface area contributed by atoms with Crippen molar-refractivity contribution in [3.05, 3.63) is 77.7 Å². The molecule has 0 aliphatic heterocycles. The summed E-state index contributed by atoms with van der Waals surface area (Å²) in [6.45, 7) is 4.96. The first-order valence-corrected chi connectivity index (χ1v) is 9.96. The molecule has 0 aliphatic carbocycles. The average Bonchev–Trinajstić information content (AvgIpc) is 3.26. The number of nitrogens with zero attached hydrogens (tertiary/aromatic N) is 4. The molecule has 29 heavy (non-hydrogen) atoms. The van der Waals surface area contributed by atoms with Crippen molar-refractivity contribution in [1.29, 1.82) is 0 Å². The van der Waals surface area contributed by atoms with E-state index in [1.165, 1.54) is 5.56 Å². The van der Waals surface area contributed by atoms with Crippen LogP contribution in [0, 0.1) is 11.8 Å². The molecule has 0 saturated carbocycles. The van der Waals surface area contributed by atoms with Crippen LogP contribution in [0.5, 0.6) is 5.75 Å². The van der Waals surface area contributed by atoms with Crippen molar-refractivity contribution in [3.8, 4) is 5.75 Å². The number of hydrogen-bond acceptors (Lipinski definition) is 5. The zero-order valence-corrected chi connectivity index (χ0v) is 16.7. The number of aromatic nitrogens is 5. The van der Waals surface area contributed by atoms with Gasteiger partial charge in [0, 0.05) is 11.8 Å². The van der Waals surface area contributed by atoms with Crippen LogP contribution in [-0.2, 0) is 19.4 Å². The highest BCUT2D eigenvalue weighted by atomic mass is 16.5. The predicted octanol–water partition coefficient (Wildman–Crippen LogP) is 4.38. The summed E-state index contributed by atoms with van der Waals surface area (Å²) in [6.07, 6.45) is 1.84. The van der Waals surface area contributed by atoms with Gasteiger partial charge in [-0.2, -0.15) is 5.21 Å². The lowest BCUT2D eigenvalue weighted by molar-refractivity contribution is 0.301. The van der Waals surface area contributed by atoms with E-state index in [0.717, 1.165) is 41.0 Å². The van der Waals surface area contributed by atoms with Gasteiger partial charge >= 0.3 is 0 Å². The molecule has 4 rings (SSSR count). The number of fused-ring (bicyclic) bond motifs is 1. The molecule has 0 saturated heterocycles. The van der Waals surface area contributed by atoms with Gasteiger partial charge in [-0.15, -0.1) is 10.2 Å². The summed E-state index contributed by atoms with van der Waals surface area (Å²) >= 11 is 0. The predicted molar refractivity (Wildman–Crippen MR) is 112 cm³/mol. The standard InChI is InChI=1S/C23H25N5O/c1-16(17(2)14-23-25-27-28-26-23)13-18-7-11-21(12-8-18)29-15-20-10-9-19-5-3-4-6-22(19)24-20/h3-12,16-17H,13-15H2,1-2H3,(H,25,26,27,28). The lowest BCUT2D eigenvalue weighted by Crippen LogP contribution is -2.14. The number of H-pyrrole nitrogens is 1. The van der Waals surface area contributed by atoms with Crippen LogP contribution in [0.4, 0.5) is 0 Å². The summed E-state index contributed by atoms with van der Waals surface area (Å²) in [6, 6.07) is 20.6. The van der Waals surface area contributed by atoms with E-state index < -0.39 is 0 Å². The minimum absolute atomic E-state index is 0.461. The van der Waals surface area contributed by atoms with Crippen molar-refractivity contribution in [3.63, 3.8) is 0 Å². The monoisotopic (exact) mass is 387 g/mol. The largest absolute Gasteiger partial charge is 0.487 e. The fourth-order valence-electron chi connectivity index (χ4n) is 3.40. The van der Waals surface area contributed by atoms with Gasteiger partial charge in [-0.3, -0.25) is 0 Å². The summed E-state index contributed by atoms with van der Waals surface area (Å²) < 4.78 is 5.93. The summed E-state index contributed by atoms with van der Waals surface area (Å²) in [4.78, 5) is 4.66. The molecule has 148 valence electrons. The molecule has 0 bridgehead atoms. The van der Waals surface area contributed by atoms with Gasteiger partial charge < -0.3 is 4.74 Å². The van der Waals surface area contributed by atoms with Crippen LogP contribution >= 0.6 is 0 Å². The third-order valence-corrected chi connectivity index (χ3v) is 5.39. The number of nitrogens with one attached hydrogen (secondary N) is 1. The van der Waals surface area contributed by atoms with E-state index in [9.17, 15) is 0 Å². The Morgan fingerprint density at radius 2 is 1.69 bits per heavy atom. The first kappa shape index (κ1) is 19.1. The Labute approximate surface area is 170 Å². The van der Waals surface area contributed by atoms with Crippen molar-refractivity contribution in [1.82, 2.24) is 25.6 Å². The molecular formula is C23H25N5O. The van der Waals surface area contributed by atoms with Gasteiger partial charge in [0.2, 0.25) is 0 Å². The van der Waals surface area contributed by atoms with E-state index in [1.54, 1.807) is 0 Å². The molecular weight excluding hydrogens is 362 g/mol. The van der Waals surface area contributed by atoms with Gasteiger partial charge in [0.1, 0.15) is 12.4 Å². The minimum atomic E-state index is 0.461. The highest BCUT2D eigenvalue weighted by Gasteiger charge is 2.15.